The average molecular weight is 424 g/mol. The van der Waals surface area contributed by atoms with E-state index < -0.39 is 29.6 Å². The molecule has 1 aliphatic heterocycles. The second-order valence-electron chi connectivity index (χ2n) is 8.51. The van der Waals surface area contributed by atoms with Crippen LogP contribution in [0.15, 0.2) is 54.6 Å². The van der Waals surface area contributed by atoms with E-state index in [-0.39, 0.29) is 12.3 Å². The van der Waals surface area contributed by atoms with Crippen LogP contribution in [0.1, 0.15) is 39.7 Å². The Bertz CT molecular complexity index is 952. The van der Waals surface area contributed by atoms with Crippen LogP contribution in [0.5, 0.6) is 5.75 Å². The molecule has 2 aromatic carbocycles. The number of amides is 2. The first-order valence-corrected chi connectivity index (χ1v) is 10.3. The van der Waals surface area contributed by atoms with Gasteiger partial charge in [-0.25, -0.2) is 0 Å². The third-order valence-electron chi connectivity index (χ3n) is 4.97. The number of carbonyl (C=O) groups excluding carboxylic acids is 3. The van der Waals surface area contributed by atoms with Gasteiger partial charge in [0.1, 0.15) is 5.75 Å². The molecular weight excluding hydrogens is 396 g/mol. The molecule has 0 aromatic heterocycles. The van der Waals surface area contributed by atoms with Gasteiger partial charge in [0, 0.05) is 12.1 Å². The van der Waals surface area contributed by atoms with E-state index >= 15 is 0 Å². The van der Waals surface area contributed by atoms with Crippen molar-refractivity contribution >= 4 is 23.5 Å². The number of ether oxygens (including phenoxy) is 2. The quantitative estimate of drug-likeness (QED) is 0.717. The molecule has 0 bridgehead atoms. The van der Waals surface area contributed by atoms with E-state index in [4.69, 9.17) is 9.47 Å². The molecule has 1 N–H and O–H groups in total. The molecule has 7 nitrogen and oxygen atoms in total. The smallest absolute Gasteiger partial charge is 0.310 e. The first-order chi connectivity index (χ1) is 14.6. The maximum absolute atomic E-state index is 13.1. The zero-order valence-corrected chi connectivity index (χ0v) is 18.3. The van der Waals surface area contributed by atoms with Gasteiger partial charge in [0.25, 0.3) is 11.8 Å². The molecular formula is C24H28N2O5. The summed E-state index contributed by atoms with van der Waals surface area (Å²) < 4.78 is 11.0. The zero-order valence-electron chi connectivity index (χ0n) is 18.3. The molecule has 0 unspecified atom stereocenters. The second kappa shape index (κ2) is 9.20. The number of anilines is 1. The average Bonchev–Trinajstić information content (AvgIpc) is 2.72. The summed E-state index contributed by atoms with van der Waals surface area (Å²) in [4.78, 5) is 39.5. The van der Waals surface area contributed by atoms with E-state index in [2.05, 4.69) is 5.32 Å². The van der Waals surface area contributed by atoms with E-state index in [0.29, 0.717) is 18.0 Å². The molecule has 7 heteroatoms. The minimum Gasteiger partial charge on any atom is -0.478 e. The maximum atomic E-state index is 13.1. The molecule has 0 saturated carbocycles. The van der Waals surface area contributed by atoms with Crippen LogP contribution in [-0.4, -0.2) is 40.4 Å². The van der Waals surface area contributed by atoms with E-state index in [9.17, 15) is 14.4 Å². The summed E-state index contributed by atoms with van der Waals surface area (Å²) in [7, 11) is 0. The number of nitrogens with one attached hydrogen (secondary N) is 1. The Labute approximate surface area is 182 Å². The van der Waals surface area contributed by atoms with Gasteiger partial charge in [-0.05, 0) is 45.4 Å². The Hall–Kier alpha value is -3.35. The zero-order chi connectivity index (χ0) is 22.6. The number of nitrogens with zero attached hydrogens (tertiary/aromatic N) is 1. The van der Waals surface area contributed by atoms with Crippen LogP contribution in [0, 0.1) is 0 Å². The van der Waals surface area contributed by atoms with E-state index in [1.807, 2.05) is 51.1 Å². The van der Waals surface area contributed by atoms with Gasteiger partial charge >= 0.3 is 5.97 Å². The minimum atomic E-state index is -1.01. The Morgan fingerprint density at radius 3 is 2.42 bits per heavy atom. The van der Waals surface area contributed by atoms with Gasteiger partial charge in [-0.3, -0.25) is 14.4 Å². The molecule has 2 atom stereocenters. The Balaban J connectivity index is 1.62. The standard InChI is InChI=1S/C24H28N2O5/c1-16(23(29)26(24(2,3)4)15-17-10-6-5-7-11-17)30-21(27)14-20-22(28)25-18-12-8-9-13-19(18)31-20/h5-13,16,20H,14-15H2,1-4H3,(H,25,28)/t16-,20-/m0/s1. The lowest BCUT2D eigenvalue weighted by Crippen LogP contribution is -2.50. The van der Waals surface area contributed by atoms with Gasteiger partial charge in [0.2, 0.25) is 0 Å². The van der Waals surface area contributed by atoms with Gasteiger partial charge in [-0.2, -0.15) is 0 Å². The monoisotopic (exact) mass is 424 g/mol. The first kappa shape index (κ1) is 22.3. The van der Waals surface area contributed by atoms with Crippen LogP contribution in [-0.2, 0) is 25.7 Å². The summed E-state index contributed by atoms with van der Waals surface area (Å²) in [6.45, 7) is 7.73. The molecule has 2 aromatic rings. The number of hydrogen-bond donors (Lipinski definition) is 1. The lowest BCUT2D eigenvalue weighted by Gasteiger charge is -2.37. The Morgan fingerprint density at radius 2 is 1.74 bits per heavy atom. The van der Waals surface area contributed by atoms with Gasteiger partial charge < -0.3 is 19.7 Å². The van der Waals surface area contributed by atoms with Crippen molar-refractivity contribution in [3.8, 4) is 5.75 Å². The summed E-state index contributed by atoms with van der Waals surface area (Å²) in [5.41, 5.74) is 1.07. The van der Waals surface area contributed by atoms with Crippen LogP contribution in [0.3, 0.4) is 0 Å². The largest absolute Gasteiger partial charge is 0.478 e. The van der Waals surface area contributed by atoms with Crippen LogP contribution >= 0.6 is 0 Å². The van der Waals surface area contributed by atoms with Crippen molar-refractivity contribution in [1.29, 1.82) is 0 Å². The number of para-hydroxylation sites is 2. The fraction of sp³-hybridized carbons (Fsp3) is 0.375. The summed E-state index contributed by atoms with van der Waals surface area (Å²) in [5, 5.41) is 2.71. The molecule has 3 rings (SSSR count). The number of rotatable bonds is 6. The van der Waals surface area contributed by atoms with Crippen molar-refractivity contribution < 1.29 is 23.9 Å². The van der Waals surface area contributed by atoms with Gasteiger partial charge in [-0.15, -0.1) is 0 Å². The number of hydrogen-bond acceptors (Lipinski definition) is 5. The molecule has 0 fully saturated rings. The van der Waals surface area contributed by atoms with Crippen molar-refractivity contribution in [2.24, 2.45) is 0 Å². The molecule has 2 amide bonds. The third-order valence-corrected chi connectivity index (χ3v) is 4.97. The molecule has 0 aliphatic carbocycles. The molecule has 0 radical (unpaired) electrons. The molecule has 0 saturated heterocycles. The summed E-state index contributed by atoms with van der Waals surface area (Å²) >= 11 is 0. The fourth-order valence-corrected chi connectivity index (χ4v) is 3.31. The minimum absolute atomic E-state index is 0.286. The lowest BCUT2D eigenvalue weighted by molar-refractivity contribution is -0.163. The van der Waals surface area contributed by atoms with E-state index in [1.54, 1.807) is 36.1 Å². The Morgan fingerprint density at radius 1 is 1.10 bits per heavy atom. The number of fused-ring (bicyclic) bond motifs is 1. The number of benzene rings is 2. The topological polar surface area (TPSA) is 84.9 Å². The SMILES string of the molecule is C[C@H](OC(=O)C[C@@H]1Oc2ccccc2NC1=O)C(=O)N(Cc1ccccc1)C(C)(C)C. The van der Waals surface area contributed by atoms with Crippen LogP contribution in [0.25, 0.3) is 0 Å². The Kier molecular flexibility index (Phi) is 6.63. The normalized spacial score (nSPS) is 16.4. The highest BCUT2D eigenvalue weighted by molar-refractivity contribution is 5.99. The van der Waals surface area contributed by atoms with Crippen LogP contribution in [0.4, 0.5) is 5.69 Å². The van der Waals surface area contributed by atoms with Gasteiger partial charge in [0.15, 0.2) is 12.2 Å². The summed E-state index contributed by atoms with van der Waals surface area (Å²) in [6.07, 6.45) is -2.28. The van der Waals surface area contributed by atoms with E-state index in [1.165, 1.54) is 0 Å². The third kappa shape index (κ3) is 5.63. The number of esters is 1. The first-order valence-electron chi connectivity index (χ1n) is 10.3. The fourth-order valence-electron chi connectivity index (χ4n) is 3.31. The predicted molar refractivity (Wildman–Crippen MR) is 116 cm³/mol. The molecule has 31 heavy (non-hydrogen) atoms. The summed E-state index contributed by atoms with van der Waals surface area (Å²) in [5.74, 6) is -0.904. The van der Waals surface area contributed by atoms with Crippen molar-refractivity contribution in [1.82, 2.24) is 4.90 Å². The van der Waals surface area contributed by atoms with E-state index in [0.717, 1.165) is 5.56 Å². The van der Waals surface area contributed by atoms with Crippen molar-refractivity contribution in [2.75, 3.05) is 5.32 Å². The summed E-state index contributed by atoms with van der Waals surface area (Å²) in [6, 6.07) is 16.6. The second-order valence-corrected chi connectivity index (χ2v) is 8.51. The molecule has 1 aliphatic rings. The van der Waals surface area contributed by atoms with Crippen molar-refractivity contribution in [2.45, 2.75) is 58.4 Å². The lowest BCUT2D eigenvalue weighted by atomic mass is 10.0. The predicted octanol–water partition coefficient (Wildman–Crippen LogP) is 3.54. The van der Waals surface area contributed by atoms with Crippen LogP contribution in [0.2, 0.25) is 0 Å². The highest BCUT2D eigenvalue weighted by Gasteiger charge is 2.34. The van der Waals surface area contributed by atoms with Gasteiger partial charge in [-0.1, -0.05) is 42.5 Å². The van der Waals surface area contributed by atoms with Gasteiger partial charge in [0.05, 0.1) is 12.1 Å². The van der Waals surface area contributed by atoms with Crippen LogP contribution < -0.4 is 10.1 Å². The van der Waals surface area contributed by atoms with Crippen molar-refractivity contribution in [3.63, 3.8) is 0 Å². The maximum Gasteiger partial charge on any atom is 0.310 e. The highest BCUT2D eigenvalue weighted by Crippen LogP contribution is 2.29. The highest BCUT2D eigenvalue weighted by atomic mass is 16.6. The molecule has 1 heterocycles. The van der Waals surface area contributed by atoms with Crippen molar-refractivity contribution in [3.05, 3.63) is 60.2 Å². The molecule has 164 valence electrons. The number of carbonyl (C=O) groups is 3. The molecule has 0 spiro atoms.